The first-order valence-corrected chi connectivity index (χ1v) is 7.55. The molecule has 0 aliphatic rings. The van der Waals surface area contributed by atoms with Crippen molar-refractivity contribution in [2.75, 3.05) is 13.1 Å². The number of sulfonamides is 1. The third-order valence-electron chi connectivity index (χ3n) is 2.27. The fourth-order valence-corrected chi connectivity index (χ4v) is 3.13. The van der Waals surface area contributed by atoms with Crippen LogP contribution in [-0.2, 0) is 10.0 Å². The Hall–Kier alpha value is -0.900. The lowest BCUT2D eigenvalue weighted by Crippen LogP contribution is -2.32. The lowest BCUT2D eigenvalue weighted by molar-refractivity contribution is 0.445. The predicted molar refractivity (Wildman–Crippen MR) is 72.0 cm³/mol. The lowest BCUT2D eigenvalue weighted by atomic mass is 10.3. The highest BCUT2D eigenvalue weighted by Gasteiger charge is 2.23. The fraction of sp³-hybridized carbons (Fsp3) is 0.333. The lowest BCUT2D eigenvalue weighted by Gasteiger charge is -2.19. The van der Waals surface area contributed by atoms with Gasteiger partial charge >= 0.3 is 0 Å². The van der Waals surface area contributed by atoms with Crippen LogP contribution in [0.1, 0.15) is 13.3 Å². The van der Waals surface area contributed by atoms with Crippen molar-refractivity contribution in [3.63, 3.8) is 0 Å². The standard InChI is InChI=1S/C12H13BrFNO2S/c1-3-7-15(8-4-2)18(16,17)10-5-6-11(13)12(14)9-10/h1,5-6,9H,4,7-8H2,2H3. The van der Waals surface area contributed by atoms with Gasteiger partial charge in [-0.15, -0.1) is 6.42 Å². The molecule has 1 rings (SSSR count). The second kappa shape index (κ2) is 6.32. The van der Waals surface area contributed by atoms with Crippen molar-refractivity contribution in [2.24, 2.45) is 0 Å². The van der Waals surface area contributed by atoms with Crippen molar-refractivity contribution in [1.82, 2.24) is 4.31 Å². The van der Waals surface area contributed by atoms with Gasteiger partial charge in [0.05, 0.1) is 15.9 Å². The van der Waals surface area contributed by atoms with Crippen molar-refractivity contribution in [3.8, 4) is 12.3 Å². The monoisotopic (exact) mass is 333 g/mol. The predicted octanol–water partition coefficient (Wildman–Crippen LogP) is 2.62. The van der Waals surface area contributed by atoms with E-state index < -0.39 is 15.8 Å². The number of rotatable bonds is 5. The normalized spacial score (nSPS) is 11.5. The third-order valence-corrected chi connectivity index (χ3v) is 4.75. The maximum Gasteiger partial charge on any atom is 0.244 e. The third kappa shape index (κ3) is 3.31. The van der Waals surface area contributed by atoms with Gasteiger partial charge in [-0.05, 0) is 40.5 Å². The maximum absolute atomic E-state index is 13.4. The minimum absolute atomic E-state index is 0.0200. The van der Waals surface area contributed by atoms with Crippen LogP contribution in [0.4, 0.5) is 4.39 Å². The second-order valence-electron chi connectivity index (χ2n) is 3.62. The molecule has 3 nitrogen and oxygen atoms in total. The van der Waals surface area contributed by atoms with E-state index in [1.807, 2.05) is 6.92 Å². The first-order valence-electron chi connectivity index (χ1n) is 5.32. The number of hydrogen-bond donors (Lipinski definition) is 0. The highest BCUT2D eigenvalue weighted by atomic mass is 79.9. The summed E-state index contributed by atoms with van der Waals surface area (Å²) in [6.07, 6.45) is 5.79. The van der Waals surface area contributed by atoms with Gasteiger partial charge in [0.25, 0.3) is 0 Å². The number of halogens is 2. The zero-order valence-electron chi connectivity index (χ0n) is 9.86. The van der Waals surface area contributed by atoms with E-state index >= 15 is 0 Å². The molecule has 1 aromatic carbocycles. The van der Waals surface area contributed by atoms with E-state index in [2.05, 4.69) is 21.9 Å². The van der Waals surface area contributed by atoms with E-state index in [1.165, 1.54) is 12.1 Å². The Morgan fingerprint density at radius 3 is 2.67 bits per heavy atom. The highest BCUT2D eigenvalue weighted by Crippen LogP contribution is 2.22. The number of benzene rings is 1. The summed E-state index contributed by atoms with van der Waals surface area (Å²) in [5.74, 6) is 1.68. The molecule has 0 saturated carbocycles. The van der Waals surface area contributed by atoms with E-state index in [0.717, 1.165) is 10.4 Å². The molecule has 0 aliphatic heterocycles. The summed E-state index contributed by atoms with van der Waals surface area (Å²) in [5, 5.41) is 0. The average Bonchev–Trinajstić information content (AvgIpc) is 2.32. The summed E-state index contributed by atoms with van der Waals surface area (Å²) in [6, 6.07) is 3.70. The highest BCUT2D eigenvalue weighted by molar-refractivity contribution is 9.10. The smallest absolute Gasteiger partial charge is 0.207 e. The summed E-state index contributed by atoms with van der Waals surface area (Å²) in [7, 11) is -3.73. The second-order valence-corrected chi connectivity index (χ2v) is 6.41. The minimum atomic E-state index is -3.73. The van der Waals surface area contributed by atoms with Crippen LogP contribution < -0.4 is 0 Å². The molecule has 0 N–H and O–H groups in total. The van der Waals surface area contributed by atoms with Crippen molar-refractivity contribution < 1.29 is 12.8 Å². The summed E-state index contributed by atoms with van der Waals surface area (Å²) < 4.78 is 39.2. The van der Waals surface area contributed by atoms with Gasteiger partial charge in [-0.3, -0.25) is 0 Å². The van der Waals surface area contributed by atoms with Crippen LogP contribution in [0.25, 0.3) is 0 Å². The Bertz CT molecular complexity index is 566. The summed E-state index contributed by atoms with van der Waals surface area (Å²) >= 11 is 2.98. The molecule has 0 aromatic heterocycles. The van der Waals surface area contributed by atoms with Crippen molar-refractivity contribution in [2.45, 2.75) is 18.2 Å². The Labute approximate surface area is 115 Å². The summed E-state index contributed by atoms with van der Waals surface area (Å²) in [4.78, 5) is -0.0908. The summed E-state index contributed by atoms with van der Waals surface area (Å²) in [6.45, 7) is 2.14. The van der Waals surface area contributed by atoms with Crippen LogP contribution in [-0.4, -0.2) is 25.8 Å². The number of nitrogens with zero attached hydrogens (tertiary/aromatic N) is 1. The number of terminal acetylenes is 1. The topological polar surface area (TPSA) is 37.4 Å². The van der Waals surface area contributed by atoms with E-state index in [1.54, 1.807) is 0 Å². The van der Waals surface area contributed by atoms with Gasteiger partial charge in [-0.25, -0.2) is 12.8 Å². The zero-order chi connectivity index (χ0) is 13.8. The first kappa shape index (κ1) is 15.2. The Morgan fingerprint density at radius 2 is 2.17 bits per heavy atom. The van der Waals surface area contributed by atoms with Crippen molar-refractivity contribution in [3.05, 3.63) is 28.5 Å². The molecule has 0 saturated heterocycles. The number of hydrogen-bond acceptors (Lipinski definition) is 2. The molecule has 0 unspecified atom stereocenters. The van der Waals surface area contributed by atoms with E-state index in [0.29, 0.717) is 13.0 Å². The molecule has 0 spiro atoms. The molecule has 1 aromatic rings. The van der Waals surface area contributed by atoms with Crippen molar-refractivity contribution in [1.29, 1.82) is 0 Å². The van der Waals surface area contributed by atoms with Crippen LogP contribution >= 0.6 is 15.9 Å². The molecule has 0 atom stereocenters. The largest absolute Gasteiger partial charge is 0.244 e. The van der Waals surface area contributed by atoms with Crippen LogP contribution in [0.3, 0.4) is 0 Å². The van der Waals surface area contributed by atoms with Gasteiger partial charge in [-0.1, -0.05) is 12.8 Å². The fourth-order valence-electron chi connectivity index (χ4n) is 1.42. The van der Waals surface area contributed by atoms with E-state index in [9.17, 15) is 12.8 Å². The minimum Gasteiger partial charge on any atom is -0.207 e. The summed E-state index contributed by atoms with van der Waals surface area (Å²) in [5.41, 5.74) is 0. The molecule has 0 bridgehead atoms. The SMILES string of the molecule is C#CCN(CCC)S(=O)(=O)c1ccc(Br)c(F)c1. The van der Waals surface area contributed by atoms with Gasteiger partial charge in [0.15, 0.2) is 0 Å². The Kier molecular flexibility index (Phi) is 5.32. The molecular formula is C12H13BrFNO2S. The van der Waals surface area contributed by atoms with Gasteiger partial charge in [0, 0.05) is 6.54 Å². The molecule has 98 valence electrons. The molecule has 0 amide bonds. The Morgan fingerprint density at radius 1 is 1.50 bits per heavy atom. The quantitative estimate of drug-likeness (QED) is 0.777. The average molecular weight is 334 g/mol. The van der Waals surface area contributed by atoms with Crippen molar-refractivity contribution >= 4 is 26.0 Å². The van der Waals surface area contributed by atoms with Gasteiger partial charge in [-0.2, -0.15) is 4.31 Å². The van der Waals surface area contributed by atoms with Gasteiger partial charge in [0.1, 0.15) is 5.82 Å². The molecule has 0 aliphatic carbocycles. The van der Waals surface area contributed by atoms with Crippen LogP contribution in [0.5, 0.6) is 0 Å². The van der Waals surface area contributed by atoms with Crippen LogP contribution in [0.2, 0.25) is 0 Å². The van der Waals surface area contributed by atoms with Crippen LogP contribution in [0.15, 0.2) is 27.6 Å². The van der Waals surface area contributed by atoms with Gasteiger partial charge in [0.2, 0.25) is 10.0 Å². The zero-order valence-corrected chi connectivity index (χ0v) is 12.3. The molecule has 0 heterocycles. The van der Waals surface area contributed by atoms with Gasteiger partial charge < -0.3 is 0 Å². The molecular weight excluding hydrogens is 321 g/mol. The Balaban J connectivity index is 3.18. The van der Waals surface area contributed by atoms with Crippen LogP contribution in [0, 0.1) is 18.2 Å². The molecule has 6 heteroatoms. The first-order chi connectivity index (χ1) is 8.43. The van der Waals surface area contributed by atoms with E-state index in [-0.39, 0.29) is 15.9 Å². The van der Waals surface area contributed by atoms with E-state index in [4.69, 9.17) is 6.42 Å². The molecule has 18 heavy (non-hydrogen) atoms. The maximum atomic E-state index is 13.4. The molecule has 0 fully saturated rings. The molecule has 0 radical (unpaired) electrons.